The molecule has 0 bridgehead atoms. The molecule has 0 radical (unpaired) electrons. The molecule has 106 valence electrons. The molecule has 1 aromatic carbocycles. The molecule has 0 unspecified atom stereocenters. The number of aromatic nitrogens is 1. The van der Waals surface area contributed by atoms with Gasteiger partial charge in [0, 0.05) is 44.2 Å². The van der Waals surface area contributed by atoms with Gasteiger partial charge in [-0.15, -0.1) is 0 Å². The zero-order valence-corrected chi connectivity index (χ0v) is 10.7. The fourth-order valence-electron chi connectivity index (χ4n) is 2.26. The Morgan fingerprint density at radius 2 is 2.25 bits per heavy atom. The summed E-state index contributed by atoms with van der Waals surface area (Å²) in [5.74, 6) is -0.605. The minimum Gasteiger partial charge on any atom is -0.398 e. The fraction of sp³-hybridized carbons (Fsp3) is 0.143. The van der Waals surface area contributed by atoms with Crippen molar-refractivity contribution in [3.05, 3.63) is 53.1 Å². The number of hydrogen-bond acceptors (Lipinski definition) is 5. The Morgan fingerprint density at radius 1 is 1.40 bits per heavy atom. The van der Waals surface area contributed by atoms with Gasteiger partial charge < -0.3 is 11.1 Å². The van der Waals surface area contributed by atoms with Gasteiger partial charge in [-0.05, 0) is 23.8 Å². The average Bonchev–Trinajstić information content (AvgIpc) is 2.46. The van der Waals surface area contributed by atoms with E-state index in [1.165, 1.54) is 12.3 Å². The molecule has 5 nitrogen and oxygen atoms in total. The van der Waals surface area contributed by atoms with E-state index in [0.29, 0.717) is 30.0 Å². The number of hydrogen-bond donors (Lipinski definition) is 4. The van der Waals surface area contributed by atoms with Gasteiger partial charge in [0.2, 0.25) is 5.95 Å². The first kappa shape index (κ1) is 12.6. The van der Waals surface area contributed by atoms with E-state index in [2.05, 4.69) is 15.6 Å². The lowest BCUT2D eigenvalue weighted by atomic mass is 9.98. The normalized spacial score (nSPS) is 13.4. The minimum absolute atomic E-state index is 0. The van der Waals surface area contributed by atoms with Gasteiger partial charge in [-0.2, -0.15) is 4.39 Å². The number of nitrogen functional groups attached to an aromatic ring is 1. The van der Waals surface area contributed by atoms with Gasteiger partial charge in [0.1, 0.15) is 0 Å². The Kier molecular flexibility index (Phi) is 3.08. The van der Waals surface area contributed by atoms with Crippen LogP contribution in [0.1, 0.15) is 19.5 Å². The topological polar surface area (TPSA) is 86.8 Å². The van der Waals surface area contributed by atoms with Gasteiger partial charge >= 0.3 is 0 Å². The second-order valence-electron chi connectivity index (χ2n) is 4.62. The van der Waals surface area contributed by atoms with E-state index in [9.17, 15) is 4.39 Å². The zero-order chi connectivity index (χ0) is 14.1. The van der Waals surface area contributed by atoms with Gasteiger partial charge in [-0.3, -0.25) is 10.7 Å². The van der Waals surface area contributed by atoms with E-state index in [1.807, 2.05) is 12.1 Å². The summed E-state index contributed by atoms with van der Waals surface area (Å²) < 4.78 is 13.2. The van der Waals surface area contributed by atoms with E-state index in [0.717, 1.165) is 11.3 Å². The lowest BCUT2D eigenvalue weighted by Gasteiger charge is -2.21. The standard InChI is InChI=1S/C14H14FN5.2H2/c15-13-4-8(1-2-19-13)14(17)10-3-9-6-18-7-20-12(9)5-11(10)16;;/h1-5,17-18,20H,6-7,16H2;2*1H. The van der Waals surface area contributed by atoms with Crippen LogP contribution < -0.4 is 16.4 Å². The first-order chi connectivity index (χ1) is 9.65. The van der Waals surface area contributed by atoms with Crippen molar-refractivity contribution in [2.75, 3.05) is 17.7 Å². The van der Waals surface area contributed by atoms with Gasteiger partial charge in [-0.25, -0.2) is 4.98 Å². The Morgan fingerprint density at radius 3 is 3.05 bits per heavy atom. The predicted molar refractivity (Wildman–Crippen MR) is 80.5 cm³/mol. The molecule has 0 aliphatic carbocycles. The van der Waals surface area contributed by atoms with E-state index < -0.39 is 5.95 Å². The summed E-state index contributed by atoms with van der Waals surface area (Å²) in [5, 5.41) is 14.6. The number of benzene rings is 1. The molecule has 0 fully saturated rings. The Hall–Kier alpha value is -2.47. The molecule has 6 heteroatoms. The lowest BCUT2D eigenvalue weighted by molar-refractivity contribution is 0.583. The molecule has 0 saturated heterocycles. The second-order valence-corrected chi connectivity index (χ2v) is 4.62. The van der Waals surface area contributed by atoms with Gasteiger partial charge in [0.15, 0.2) is 0 Å². The van der Waals surface area contributed by atoms with Crippen molar-refractivity contribution in [3.63, 3.8) is 0 Å². The number of nitrogens with two attached hydrogens (primary N) is 1. The third-order valence-electron chi connectivity index (χ3n) is 3.28. The summed E-state index contributed by atoms with van der Waals surface area (Å²) in [6, 6.07) is 6.51. The number of fused-ring (bicyclic) bond motifs is 1. The quantitative estimate of drug-likeness (QED) is 0.384. The Labute approximate surface area is 118 Å². The van der Waals surface area contributed by atoms with Gasteiger partial charge in [0.25, 0.3) is 0 Å². The van der Waals surface area contributed by atoms with Crippen molar-refractivity contribution in [1.29, 1.82) is 5.41 Å². The molecule has 2 aromatic rings. The van der Waals surface area contributed by atoms with Gasteiger partial charge in [-0.1, -0.05) is 0 Å². The number of nitrogens with zero attached hydrogens (tertiary/aromatic N) is 1. The van der Waals surface area contributed by atoms with E-state index in [4.69, 9.17) is 11.1 Å². The largest absolute Gasteiger partial charge is 0.398 e. The van der Waals surface area contributed by atoms with Crippen molar-refractivity contribution in [1.82, 2.24) is 10.3 Å². The molecule has 0 saturated carbocycles. The first-order valence-corrected chi connectivity index (χ1v) is 6.23. The summed E-state index contributed by atoms with van der Waals surface area (Å²) >= 11 is 0. The SMILES string of the molecule is N=C(c1ccnc(F)c1)c1cc2c(cc1N)NCNC2.[HH].[HH]. The molecule has 1 aliphatic rings. The molecule has 1 aliphatic heterocycles. The molecule has 1 aromatic heterocycles. The van der Waals surface area contributed by atoms with Gasteiger partial charge in [0.05, 0.1) is 12.4 Å². The average molecular weight is 275 g/mol. The molecule has 5 N–H and O–H groups in total. The monoisotopic (exact) mass is 275 g/mol. The van der Waals surface area contributed by atoms with Crippen LogP contribution in [0.3, 0.4) is 0 Å². The highest BCUT2D eigenvalue weighted by atomic mass is 19.1. The van der Waals surface area contributed by atoms with Crippen LogP contribution in [0.15, 0.2) is 30.5 Å². The highest BCUT2D eigenvalue weighted by Crippen LogP contribution is 2.27. The van der Waals surface area contributed by atoms with E-state index in [1.54, 1.807) is 6.07 Å². The summed E-state index contributed by atoms with van der Waals surface area (Å²) in [7, 11) is 0. The number of halogens is 1. The first-order valence-electron chi connectivity index (χ1n) is 6.23. The maximum absolute atomic E-state index is 13.2. The predicted octanol–water partition coefficient (Wildman–Crippen LogP) is 2.18. The minimum atomic E-state index is -0.605. The zero-order valence-electron chi connectivity index (χ0n) is 10.7. The Balaban J connectivity index is 0.00000121. The fourth-order valence-corrected chi connectivity index (χ4v) is 2.26. The number of anilines is 2. The van der Waals surface area contributed by atoms with Crippen molar-refractivity contribution >= 4 is 17.1 Å². The molecule has 0 amide bonds. The van der Waals surface area contributed by atoms with E-state index in [-0.39, 0.29) is 8.56 Å². The molecule has 0 atom stereocenters. The van der Waals surface area contributed by atoms with Crippen LogP contribution in [-0.4, -0.2) is 17.4 Å². The smallest absolute Gasteiger partial charge is 0.213 e. The van der Waals surface area contributed by atoms with Crippen molar-refractivity contribution in [3.8, 4) is 0 Å². The third-order valence-corrected chi connectivity index (χ3v) is 3.28. The summed E-state index contributed by atoms with van der Waals surface area (Å²) in [5.41, 5.74) is 9.77. The molecule has 3 rings (SSSR count). The van der Waals surface area contributed by atoms with Crippen molar-refractivity contribution in [2.24, 2.45) is 0 Å². The summed E-state index contributed by atoms with van der Waals surface area (Å²) in [6.07, 6.45) is 1.34. The van der Waals surface area contributed by atoms with Crippen LogP contribution in [0, 0.1) is 11.4 Å². The highest BCUT2D eigenvalue weighted by molar-refractivity contribution is 6.14. The van der Waals surface area contributed by atoms with Crippen LogP contribution in [-0.2, 0) is 6.54 Å². The lowest BCUT2D eigenvalue weighted by Crippen LogP contribution is -2.28. The number of rotatable bonds is 2. The highest BCUT2D eigenvalue weighted by Gasteiger charge is 2.15. The second kappa shape index (κ2) is 4.90. The summed E-state index contributed by atoms with van der Waals surface area (Å²) in [4.78, 5) is 3.49. The molecule has 20 heavy (non-hydrogen) atoms. The molecule has 2 heterocycles. The number of nitrogens with one attached hydrogen (secondary N) is 3. The maximum Gasteiger partial charge on any atom is 0.213 e. The third kappa shape index (κ3) is 2.21. The van der Waals surface area contributed by atoms with Crippen molar-refractivity contribution in [2.45, 2.75) is 6.54 Å². The molecule has 0 spiro atoms. The van der Waals surface area contributed by atoms with Crippen LogP contribution in [0.5, 0.6) is 0 Å². The summed E-state index contributed by atoms with van der Waals surface area (Å²) in [6.45, 7) is 1.41. The Bertz CT molecular complexity index is 693. The van der Waals surface area contributed by atoms with Crippen molar-refractivity contribution < 1.29 is 7.24 Å². The maximum atomic E-state index is 13.2. The van der Waals surface area contributed by atoms with Crippen LogP contribution in [0.25, 0.3) is 0 Å². The van der Waals surface area contributed by atoms with E-state index >= 15 is 0 Å². The van der Waals surface area contributed by atoms with Crippen LogP contribution in [0.2, 0.25) is 0 Å². The van der Waals surface area contributed by atoms with Crippen LogP contribution >= 0.6 is 0 Å². The number of pyridine rings is 1. The molecular weight excluding hydrogens is 257 g/mol. The van der Waals surface area contributed by atoms with Crippen LogP contribution in [0.4, 0.5) is 15.8 Å². The molecular formula is C14H18FN5.